The minimum absolute atomic E-state index is 0.0477. The van der Waals surface area contributed by atoms with Crippen molar-refractivity contribution in [2.75, 3.05) is 11.9 Å². The fraction of sp³-hybridized carbons (Fsp3) is 0.278. The Hall–Kier alpha value is -2.62. The molecule has 9 heteroatoms. The van der Waals surface area contributed by atoms with E-state index in [0.29, 0.717) is 24.1 Å². The van der Waals surface area contributed by atoms with Crippen LogP contribution in [0.3, 0.4) is 0 Å². The molecule has 8 nitrogen and oxygen atoms in total. The maximum absolute atomic E-state index is 13.2. The van der Waals surface area contributed by atoms with E-state index in [9.17, 15) is 23.1 Å². The van der Waals surface area contributed by atoms with Gasteiger partial charge in [0, 0.05) is 18.9 Å². The fourth-order valence-corrected chi connectivity index (χ4v) is 5.30. The molecule has 27 heavy (non-hydrogen) atoms. The van der Waals surface area contributed by atoms with Crippen LogP contribution in [0.5, 0.6) is 0 Å². The first kappa shape index (κ1) is 17.8. The summed E-state index contributed by atoms with van der Waals surface area (Å²) in [5, 5.41) is 13.1. The molecule has 0 radical (unpaired) electrons. The van der Waals surface area contributed by atoms with E-state index in [-0.39, 0.29) is 17.0 Å². The molecule has 0 bridgehead atoms. The lowest BCUT2D eigenvalue weighted by atomic mass is 10.0. The Morgan fingerprint density at radius 1 is 1.19 bits per heavy atom. The number of aromatic nitrogens is 1. The van der Waals surface area contributed by atoms with Crippen LogP contribution in [-0.4, -0.2) is 47.1 Å². The van der Waals surface area contributed by atoms with E-state index in [1.54, 1.807) is 24.5 Å². The number of hydrogen-bond donors (Lipinski definition) is 2. The summed E-state index contributed by atoms with van der Waals surface area (Å²) in [6.07, 6.45) is 3.25. The molecular formula is C18H17N3O5S. The summed E-state index contributed by atoms with van der Waals surface area (Å²) < 4.78 is 27.6. The van der Waals surface area contributed by atoms with E-state index in [4.69, 9.17) is 0 Å². The predicted octanol–water partition coefficient (Wildman–Crippen LogP) is 1.10. The number of Topliss-reactive ketones (excluding diaryl/α,β-unsaturated/α-hetero) is 1. The molecule has 0 spiro atoms. The minimum atomic E-state index is -3.94. The van der Waals surface area contributed by atoms with Gasteiger partial charge >= 0.3 is 0 Å². The Morgan fingerprint density at radius 3 is 2.67 bits per heavy atom. The van der Waals surface area contributed by atoms with Crippen molar-refractivity contribution < 1.29 is 23.1 Å². The third-order valence-corrected chi connectivity index (χ3v) is 6.88. The number of benzene rings is 1. The Bertz CT molecular complexity index is 1020. The molecule has 2 unspecified atom stereocenters. The van der Waals surface area contributed by atoms with Crippen molar-refractivity contribution in [3.8, 4) is 0 Å². The first-order valence-electron chi connectivity index (χ1n) is 8.49. The van der Waals surface area contributed by atoms with Gasteiger partial charge in [-0.15, -0.1) is 0 Å². The number of rotatable bonds is 4. The lowest BCUT2D eigenvalue weighted by molar-refractivity contribution is -0.112. The average molecular weight is 387 g/mol. The van der Waals surface area contributed by atoms with E-state index in [1.807, 2.05) is 0 Å². The number of aliphatic hydroxyl groups is 1. The van der Waals surface area contributed by atoms with Crippen LogP contribution in [0, 0.1) is 0 Å². The van der Waals surface area contributed by atoms with Gasteiger partial charge < -0.3 is 10.4 Å². The summed E-state index contributed by atoms with van der Waals surface area (Å²) in [4.78, 5) is 27.2. The molecule has 1 saturated heterocycles. The van der Waals surface area contributed by atoms with Gasteiger partial charge in [-0.1, -0.05) is 0 Å². The van der Waals surface area contributed by atoms with E-state index in [0.717, 1.165) is 0 Å². The number of nitrogens with one attached hydrogen (secondary N) is 1. The average Bonchev–Trinajstić information content (AvgIpc) is 3.28. The molecule has 4 rings (SSSR count). The van der Waals surface area contributed by atoms with Crippen LogP contribution in [0.2, 0.25) is 0 Å². The van der Waals surface area contributed by atoms with E-state index in [1.165, 1.54) is 22.5 Å². The van der Waals surface area contributed by atoms with Crippen LogP contribution >= 0.6 is 0 Å². The lowest BCUT2D eigenvalue weighted by Gasteiger charge is -2.28. The lowest BCUT2D eigenvalue weighted by Crippen LogP contribution is -2.39. The summed E-state index contributed by atoms with van der Waals surface area (Å²) >= 11 is 0. The Morgan fingerprint density at radius 2 is 1.93 bits per heavy atom. The standard InChI is InChI=1S/C18H17N3O5S/c22-16(11-5-7-19-8-6-11)15-2-1-9-21(15)27(25,26)12-3-4-14-13(10-12)17(23)18(24)20-14/h3-8,10,15-16,22H,1-2,9H2,(H,20,23,24). The van der Waals surface area contributed by atoms with Crippen molar-refractivity contribution in [1.29, 1.82) is 0 Å². The Balaban J connectivity index is 1.68. The molecule has 2 N–H and O–H groups in total. The monoisotopic (exact) mass is 387 g/mol. The maximum Gasteiger partial charge on any atom is 0.296 e. The number of carbonyl (C=O) groups excluding carboxylic acids is 2. The third-order valence-electron chi connectivity index (χ3n) is 4.96. The third kappa shape index (κ3) is 2.93. The molecule has 2 aliphatic heterocycles. The first-order chi connectivity index (χ1) is 12.9. The number of anilines is 1. The molecule has 2 aliphatic rings. The molecule has 2 atom stereocenters. The number of fused-ring (bicyclic) bond motifs is 1. The molecule has 0 aliphatic carbocycles. The highest BCUT2D eigenvalue weighted by Gasteiger charge is 2.40. The van der Waals surface area contributed by atoms with Gasteiger partial charge in [-0.25, -0.2) is 8.42 Å². The van der Waals surface area contributed by atoms with E-state index >= 15 is 0 Å². The quantitative estimate of drug-likeness (QED) is 0.759. The number of nitrogens with zero attached hydrogens (tertiary/aromatic N) is 2. The normalized spacial score (nSPS) is 21.1. The van der Waals surface area contributed by atoms with Gasteiger partial charge in [-0.2, -0.15) is 4.31 Å². The summed E-state index contributed by atoms with van der Waals surface area (Å²) in [5.41, 5.74) is 0.946. The zero-order valence-electron chi connectivity index (χ0n) is 14.2. The molecule has 1 amide bonds. The van der Waals surface area contributed by atoms with Gasteiger partial charge in [-0.3, -0.25) is 14.6 Å². The van der Waals surface area contributed by atoms with E-state index < -0.39 is 33.9 Å². The second kappa shape index (κ2) is 6.52. The van der Waals surface area contributed by atoms with Crippen molar-refractivity contribution in [3.63, 3.8) is 0 Å². The van der Waals surface area contributed by atoms with Crippen LogP contribution in [0.25, 0.3) is 0 Å². The zero-order chi connectivity index (χ0) is 19.2. The van der Waals surface area contributed by atoms with Gasteiger partial charge in [-0.05, 0) is 48.7 Å². The predicted molar refractivity (Wildman–Crippen MR) is 95.5 cm³/mol. The van der Waals surface area contributed by atoms with Crippen molar-refractivity contribution in [2.24, 2.45) is 0 Å². The number of aliphatic hydroxyl groups excluding tert-OH is 1. The summed E-state index contributed by atoms with van der Waals surface area (Å²) in [6.45, 7) is 0.275. The molecule has 2 aromatic rings. The first-order valence-corrected chi connectivity index (χ1v) is 9.93. The second-order valence-electron chi connectivity index (χ2n) is 6.54. The minimum Gasteiger partial charge on any atom is -0.387 e. The van der Waals surface area contributed by atoms with Crippen LogP contribution in [-0.2, 0) is 14.8 Å². The summed E-state index contributed by atoms with van der Waals surface area (Å²) in [7, 11) is -3.94. The molecule has 0 saturated carbocycles. The number of pyridine rings is 1. The molecule has 1 aromatic carbocycles. The van der Waals surface area contributed by atoms with Crippen LogP contribution < -0.4 is 5.32 Å². The topological polar surface area (TPSA) is 117 Å². The fourth-order valence-electron chi connectivity index (χ4n) is 3.58. The number of carbonyl (C=O) groups is 2. The van der Waals surface area contributed by atoms with Crippen LogP contribution in [0.1, 0.15) is 34.9 Å². The highest BCUT2D eigenvalue weighted by Crippen LogP contribution is 2.35. The smallest absolute Gasteiger partial charge is 0.296 e. The van der Waals surface area contributed by atoms with E-state index in [2.05, 4.69) is 10.3 Å². The largest absolute Gasteiger partial charge is 0.387 e. The van der Waals surface area contributed by atoms with Gasteiger partial charge in [0.25, 0.3) is 11.7 Å². The van der Waals surface area contributed by atoms with Crippen molar-refractivity contribution in [1.82, 2.24) is 9.29 Å². The van der Waals surface area contributed by atoms with Crippen LogP contribution in [0.4, 0.5) is 5.69 Å². The van der Waals surface area contributed by atoms with Crippen molar-refractivity contribution in [2.45, 2.75) is 29.9 Å². The number of amides is 1. The Kier molecular flexibility index (Phi) is 4.29. The summed E-state index contributed by atoms with van der Waals surface area (Å²) in [6, 6.07) is 6.69. The van der Waals surface area contributed by atoms with Gasteiger partial charge in [0.05, 0.1) is 28.3 Å². The highest BCUT2D eigenvalue weighted by molar-refractivity contribution is 7.89. The van der Waals surface area contributed by atoms with Gasteiger partial charge in [0.15, 0.2) is 0 Å². The zero-order valence-corrected chi connectivity index (χ0v) is 15.0. The number of ketones is 1. The molecular weight excluding hydrogens is 370 g/mol. The van der Waals surface area contributed by atoms with Crippen molar-refractivity contribution in [3.05, 3.63) is 53.9 Å². The maximum atomic E-state index is 13.2. The van der Waals surface area contributed by atoms with Gasteiger partial charge in [0.1, 0.15) is 0 Å². The Labute approximate surface area is 155 Å². The summed E-state index contributed by atoms with van der Waals surface area (Å²) in [5.74, 6) is -1.52. The molecule has 3 heterocycles. The molecule has 140 valence electrons. The molecule has 1 aromatic heterocycles. The number of hydrogen-bond acceptors (Lipinski definition) is 6. The van der Waals surface area contributed by atoms with Crippen LogP contribution in [0.15, 0.2) is 47.6 Å². The molecule has 1 fully saturated rings. The highest BCUT2D eigenvalue weighted by atomic mass is 32.2. The van der Waals surface area contributed by atoms with Gasteiger partial charge in [0.2, 0.25) is 10.0 Å². The number of sulfonamides is 1. The SMILES string of the molecule is O=C1Nc2ccc(S(=O)(=O)N3CCCC3C(O)c3ccncc3)cc2C1=O. The second-order valence-corrected chi connectivity index (χ2v) is 8.43. The van der Waals surface area contributed by atoms with Crippen molar-refractivity contribution >= 4 is 27.4 Å².